The molecule has 0 unspecified atom stereocenters. The third-order valence-corrected chi connectivity index (χ3v) is 5.83. The van der Waals surface area contributed by atoms with Gasteiger partial charge in [-0.15, -0.1) is 11.8 Å². The first-order chi connectivity index (χ1) is 15.2. The lowest BCUT2D eigenvalue weighted by molar-refractivity contribution is 0.478. The topological polar surface area (TPSA) is 64.3 Å². The number of rotatable bonds is 6. The summed E-state index contributed by atoms with van der Waals surface area (Å²) in [6.45, 7) is 4.18. The SMILES string of the molecule is CCSc1ccc2ncnc(Nc3ccc(Oc4ccn5ccnc5c4)c(C)c3)c2c1. The minimum Gasteiger partial charge on any atom is -0.457 e. The molecular weight excluding hydrogens is 406 g/mol. The quantitative estimate of drug-likeness (QED) is 0.324. The Morgan fingerprint density at radius 3 is 2.81 bits per heavy atom. The second-order valence-electron chi connectivity index (χ2n) is 7.10. The molecule has 0 bridgehead atoms. The molecule has 6 nitrogen and oxygen atoms in total. The van der Waals surface area contributed by atoms with Crippen molar-refractivity contribution in [1.29, 1.82) is 0 Å². The molecule has 5 aromatic rings. The van der Waals surface area contributed by atoms with E-state index in [4.69, 9.17) is 4.74 Å². The number of aromatic nitrogens is 4. The summed E-state index contributed by atoms with van der Waals surface area (Å²) in [5, 5.41) is 4.45. The van der Waals surface area contributed by atoms with Crippen LogP contribution in [-0.2, 0) is 0 Å². The second kappa shape index (κ2) is 8.28. The van der Waals surface area contributed by atoms with Gasteiger partial charge in [-0.25, -0.2) is 15.0 Å². The van der Waals surface area contributed by atoms with E-state index in [2.05, 4.69) is 45.4 Å². The minimum absolute atomic E-state index is 0.755. The summed E-state index contributed by atoms with van der Waals surface area (Å²) in [5.41, 5.74) is 3.74. The predicted molar refractivity (Wildman–Crippen MR) is 126 cm³/mol. The molecule has 0 saturated heterocycles. The molecule has 0 aliphatic carbocycles. The van der Waals surface area contributed by atoms with Crippen LogP contribution in [0, 0.1) is 6.92 Å². The molecule has 1 N–H and O–H groups in total. The zero-order valence-electron chi connectivity index (χ0n) is 17.2. The van der Waals surface area contributed by atoms with Crippen molar-refractivity contribution in [2.75, 3.05) is 11.1 Å². The number of imidazole rings is 1. The molecule has 2 aromatic carbocycles. The van der Waals surface area contributed by atoms with E-state index in [-0.39, 0.29) is 0 Å². The highest BCUT2D eigenvalue weighted by Gasteiger charge is 2.08. The third-order valence-electron chi connectivity index (χ3n) is 4.95. The van der Waals surface area contributed by atoms with E-state index >= 15 is 0 Å². The summed E-state index contributed by atoms with van der Waals surface area (Å²) in [6.07, 6.45) is 7.21. The van der Waals surface area contributed by atoms with Gasteiger partial charge in [-0.05, 0) is 60.7 Å². The summed E-state index contributed by atoms with van der Waals surface area (Å²) >= 11 is 1.81. The van der Waals surface area contributed by atoms with Crippen LogP contribution in [-0.4, -0.2) is 25.1 Å². The summed E-state index contributed by atoms with van der Waals surface area (Å²) in [6, 6.07) is 16.2. The molecule has 0 fully saturated rings. The van der Waals surface area contributed by atoms with Crippen molar-refractivity contribution in [1.82, 2.24) is 19.4 Å². The molecule has 154 valence electrons. The van der Waals surface area contributed by atoms with Crippen molar-refractivity contribution in [2.45, 2.75) is 18.7 Å². The highest BCUT2D eigenvalue weighted by Crippen LogP contribution is 2.31. The number of thioether (sulfide) groups is 1. The average molecular weight is 428 g/mol. The van der Waals surface area contributed by atoms with Gasteiger partial charge in [0.25, 0.3) is 0 Å². The van der Waals surface area contributed by atoms with Gasteiger partial charge in [0.15, 0.2) is 0 Å². The van der Waals surface area contributed by atoms with Crippen molar-refractivity contribution in [3.8, 4) is 11.5 Å². The van der Waals surface area contributed by atoms with E-state index in [0.717, 1.165) is 50.9 Å². The maximum Gasteiger partial charge on any atom is 0.141 e. The first-order valence-electron chi connectivity index (χ1n) is 10.1. The Morgan fingerprint density at radius 2 is 1.94 bits per heavy atom. The number of nitrogens with zero attached hydrogens (tertiary/aromatic N) is 4. The van der Waals surface area contributed by atoms with Crippen molar-refractivity contribution < 1.29 is 4.74 Å². The second-order valence-corrected chi connectivity index (χ2v) is 8.43. The highest BCUT2D eigenvalue weighted by atomic mass is 32.2. The average Bonchev–Trinajstić information content (AvgIpc) is 3.24. The Bertz CT molecular complexity index is 1380. The van der Waals surface area contributed by atoms with Crippen LogP contribution in [0.3, 0.4) is 0 Å². The highest BCUT2D eigenvalue weighted by molar-refractivity contribution is 7.99. The van der Waals surface area contributed by atoms with Crippen LogP contribution in [0.25, 0.3) is 16.6 Å². The largest absolute Gasteiger partial charge is 0.457 e. The zero-order chi connectivity index (χ0) is 21.2. The summed E-state index contributed by atoms with van der Waals surface area (Å²) in [7, 11) is 0. The number of aryl methyl sites for hydroxylation is 1. The Kier molecular flexibility index (Phi) is 5.18. The Hall–Kier alpha value is -3.58. The maximum atomic E-state index is 6.10. The zero-order valence-corrected chi connectivity index (χ0v) is 18.1. The number of hydrogen-bond acceptors (Lipinski definition) is 6. The van der Waals surface area contributed by atoms with E-state index in [1.807, 2.05) is 54.0 Å². The molecule has 0 aliphatic heterocycles. The van der Waals surface area contributed by atoms with E-state index in [9.17, 15) is 0 Å². The number of hydrogen-bond donors (Lipinski definition) is 1. The number of nitrogens with one attached hydrogen (secondary N) is 1. The Morgan fingerprint density at radius 1 is 1.00 bits per heavy atom. The number of pyridine rings is 1. The third kappa shape index (κ3) is 4.04. The van der Waals surface area contributed by atoms with Crippen molar-refractivity contribution in [3.63, 3.8) is 0 Å². The van der Waals surface area contributed by atoms with Crippen LogP contribution in [0.4, 0.5) is 11.5 Å². The fraction of sp³-hybridized carbons (Fsp3) is 0.125. The van der Waals surface area contributed by atoms with Crippen LogP contribution in [0.15, 0.2) is 78.3 Å². The molecule has 3 aromatic heterocycles. The lowest BCUT2D eigenvalue weighted by Crippen LogP contribution is -1.97. The first kappa shape index (κ1) is 19.4. The van der Waals surface area contributed by atoms with E-state index in [1.54, 1.807) is 24.3 Å². The summed E-state index contributed by atoms with van der Waals surface area (Å²) in [4.78, 5) is 14.4. The fourth-order valence-corrected chi connectivity index (χ4v) is 4.15. The van der Waals surface area contributed by atoms with Crippen LogP contribution >= 0.6 is 11.8 Å². The number of benzene rings is 2. The van der Waals surface area contributed by atoms with Crippen molar-refractivity contribution in [2.24, 2.45) is 0 Å². The lowest BCUT2D eigenvalue weighted by atomic mass is 10.2. The normalized spacial score (nSPS) is 11.2. The van der Waals surface area contributed by atoms with E-state index < -0.39 is 0 Å². The van der Waals surface area contributed by atoms with Gasteiger partial charge in [0.1, 0.15) is 29.3 Å². The summed E-state index contributed by atoms with van der Waals surface area (Å²) < 4.78 is 8.04. The molecule has 0 atom stereocenters. The van der Waals surface area contributed by atoms with E-state index in [0.29, 0.717) is 0 Å². The smallest absolute Gasteiger partial charge is 0.141 e. The van der Waals surface area contributed by atoms with Gasteiger partial charge in [-0.2, -0.15) is 0 Å². The van der Waals surface area contributed by atoms with Crippen LogP contribution < -0.4 is 10.1 Å². The Labute approximate surface area is 184 Å². The lowest BCUT2D eigenvalue weighted by Gasteiger charge is -2.13. The van der Waals surface area contributed by atoms with Gasteiger partial charge in [0.2, 0.25) is 0 Å². The van der Waals surface area contributed by atoms with Gasteiger partial charge in [-0.3, -0.25) is 0 Å². The molecule has 0 radical (unpaired) electrons. The maximum absolute atomic E-state index is 6.10. The molecule has 0 spiro atoms. The Balaban J connectivity index is 1.40. The fourth-order valence-electron chi connectivity index (χ4n) is 3.45. The van der Waals surface area contributed by atoms with Gasteiger partial charge < -0.3 is 14.5 Å². The van der Waals surface area contributed by atoms with Gasteiger partial charge >= 0.3 is 0 Å². The predicted octanol–water partition coefficient (Wildman–Crippen LogP) is 6.23. The van der Waals surface area contributed by atoms with Crippen LogP contribution in [0.1, 0.15) is 12.5 Å². The molecule has 5 rings (SSSR count). The summed E-state index contributed by atoms with van der Waals surface area (Å²) in [5.74, 6) is 3.37. The molecule has 0 amide bonds. The van der Waals surface area contributed by atoms with E-state index in [1.165, 1.54) is 4.90 Å². The van der Waals surface area contributed by atoms with Gasteiger partial charge in [-0.1, -0.05) is 6.92 Å². The minimum atomic E-state index is 0.755. The van der Waals surface area contributed by atoms with Gasteiger partial charge in [0, 0.05) is 40.6 Å². The number of anilines is 2. The van der Waals surface area contributed by atoms with Crippen LogP contribution in [0.2, 0.25) is 0 Å². The molecule has 7 heteroatoms. The molecule has 31 heavy (non-hydrogen) atoms. The molecule has 3 heterocycles. The van der Waals surface area contributed by atoms with Crippen molar-refractivity contribution in [3.05, 3.63) is 79.0 Å². The van der Waals surface area contributed by atoms with Gasteiger partial charge in [0.05, 0.1) is 5.52 Å². The first-order valence-corrected chi connectivity index (χ1v) is 11.0. The van der Waals surface area contributed by atoms with Crippen LogP contribution in [0.5, 0.6) is 11.5 Å². The number of ether oxygens (including phenoxy) is 1. The number of fused-ring (bicyclic) bond motifs is 2. The molecule has 0 saturated carbocycles. The standard InChI is InChI=1S/C24H21N5OS/c1-3-31-19-5-6-21-20(14-19)24(27-15-26-21)28-17-4-7-22(16(2)12-17)30-18-8-10-29-11-9-25-23(29)13-18/h4-15H,3H2,1-2H3,(H,26,27,28). The van der Waals surface area contributed by atoms with Crippen molar-refractivity contribution >= 4 is 39.8 Å². The monoisotopic (exact) mass is 427 g/mol. The molecule has 0 aliphatic rings. The molecular formula is C24H21N5OS.